The highest BCUT2D eigenvalue weighted by molar-refractivity contribution is 6.32. The van der Waals surface area contributed by atoms with Gasteiger partial charge in [0.1, 0.15) is 6.17 Å². The number of rotatable bonds is 2. The van der Waals surface area contributed by atoms with E-state index in [2.05, 4.69) is 5.32 Å². The van der Waals surface area contributed by atoms with Crippen molar-refractivity contribution in [3.05, 3.63) is 52.5 Å². The number of nitrogens with zero attached hydrogens (tertiary/aromatic N) is 1. The van der Waals surface area contributed by atoms with Crippen molar-refractivity contribution in [2.75, 3.05) is 19.1 Å². The summed E-state index contributed by atoms with van der Waals surface area (Å²) in [7, 11) is 3.34. The Hall–Kier alpha value is -2.40. The number of hydrogen-bond donors (Lipinski definition) is 2. The van der Waals surface area contributed by atoms with Gasteiger partial charge in [-0.2, -0.15) is 0 Å². The predicted octanol–water partition coefficient (Wildman–Crippen LogP) is 2.93. The van der Waals surface area contributed by atoms with Crippen molar-refractivity contribution in [1.29, 1.82) is 0 Å². The van der Waals surface area contributed by atoms with Crippen molar-refractivity contribution >= 4 is 23.2 Å². The van der Waals surface area contributed by atoms with Gasteiger partial charge in [0.2, 0.25) is 0 Å². The van der Waals surface area contributed by atoms with E-state index in [1.807, 2.05) is 30.1 Å². The SMILES string of the molecule is COc1cc([C@@H]2NC(=O)c3ccccc3N2C)cc(Cl)c1O. The van der Waals surface area contributed by atoms with Crippen LogP contribution in [0.4, 0.5) is 5.69 Å². The van der Waals surface area contributed by atoms with Crippen LogP contribution in [0.2, 0.25) is 5.02 Å². The zero-order valence-electron chi connectivity index (χ0n) is 12.1. The molecule has 2 aromatic carbocycles. The molecule has 1 amide bonds. The van der Waals surface area contributed by atoms with Gasteiger partial charge in [-0.15, -0.1) is 0 Å². The Labute approximate surface area is 133 Å². The second-order valence-corrected chi connectivity index (χ2v) is 5.46. The zero-order chi connectivity index (χ0) is 15.9. The molecule has 6 heteroatoms. The molecule has 114 valence electrons. The maximum atomic E-state index is 12.3. The van der Waals surface area contributed by atoms with E-state index in [4.69, 9.17) is 16.3 Å². The lowest BCUT2D eigenvalue weighted by molar-refractivity contribution is 0.0928. The van der Waals surface area contributed by atoms with Crippen LogP contribution in [0.3, 0.4) is 0 Å². The molecular formula is C16H15ClN2O3. The average Bonchev–Trinajstić information content (AvgIpc) is 2.53. The summed E-state index contributed by atoms with van der Waals surface area (Å²) >= 11 is 6.04. The molecule has 1 atom stereocenters. The summed E-state index contributed by atoms with van der Waals surface area (Å²) in [5.74, 6) is 0.00368. The van der Waals surface area contributed by atoms with Crippen LogP contribution in [0, 0.1) is 0 Å². The van der Waals surface area contributed by atoms with E-state index in [0.717, 1.165) is 11.3 Å². The fourth-order valence-electron chi connectivity index (χ4n) is 2.63. The van der Waals surface area contributed by atoms with Gasteiger partial charge >= 0.3 is 0 Å². The number of methoxy groups -OCH3 is 1. The Kier molecular flexibility index (Phi) is 3.58. The van der Waals surface area contributed by atoms with Gasteiger partial charge in [0.05, 0.1) is 23.4 Å². The van der Waals surface area contributed by atoms with Crippen molar-refractivity contribution in [2.24, 2.45) is 0 Å². The molecule has 1 aliphatic heterocycles. The van der Waals surface area contributed by atoms with Crippen LogP contribution in [0.15, 0.2) is 36.4 Å². The molecule has 2 aromatic rings. The first-order chi connectivity index (χ1) is 10.5. The molecule has 0 saturated heterocycles. The zero-order valence-corrected chi connectivity index (χ0v) is 12.9. The van der Waals surface area contributed by atoms with Gasteiger partial charge in [0.25, 0.3) is 5.91 Å². The van der Waals surface area contributed by atoms with E-state index in [-0.39, 0.29) is 22.4 Å². The van der Waals surface area contributed by atoms with Crippen molar-refractivity contribution < 1.29 is 14.6 Å². The number of amides is 1. The summed E-state index contributed by atoms with van der Waals surface area (Å²) in [6.07, 6.45) is -0.394. The van der Waals surface area contributed by atoms with Gasteiger partial charge in [-0.3, -0.25) is 4.79 Å². The Morgan fingerprint density at radius 1 is 1.32 bits per heavy atom. The summed E-state index contributed by atoms with van der Waals surface area (Å²) in [5.41, 5.74) is 2.18. The maximum Gasteiger partial charge on any atom is 0.255 e. The monoisotopic (exact) mass is 318 g/mol. The number of nitrogens with one attached hydrogen (secondary N) is 1. The molecule has 3 rings (SSSR count). The Bertz CT molecular complexity index is 748. The van der Waals surface area contributed by atoms with Crippen LogP contribution in [0.5, 0.6) is 11.5 Å². The molecule has 0 radical (unpaired) electrons. The minimum absolute atomic E-state index is 0.113. The summed E-state index contributed by atoms with van der Waals surface area (Å²) in [4.78, 5) is 14.2. The first-order valence-electron chi connectivity index (χ1n) is 6.72. The molecule has 0 aliphatic carbocycles. The van der Waals surface area contributed by atoms with Crippen LogP contribution in [-0.2, 0) is 0 Å². The molecule has 0 aromatic heterocycles. The fourth-order valence-corrected chi connectivity index (χ4v) is 2.84. The lowest BCUT2D eigenvalue weighted by Gasteiger charge is -2.36. The molecule has 0 unspecified atom stereocenters. The van der Waals surface area contributed by atoms with E-state index in [9.17, 15) is 9.90 Å². The molecule has 5 nitrogen and oxygen atoms in total. The van der Waals surface area contributed by atoms with Crippen molar-refractivity contribution in [3.63, 3.8) is 0 Å². The first-order valence-corrected chi connectivity index (χ1v) is 7.10. The number of benzene rings is 2. The van der Waals surface area contributed by atoms with Crippen molar-refractivity contribution in [2.45, 2.75) is 6.17 Å². The van der Waals surface area contributed by atoms with Crippen LogP contribution in [0.1, 0.15) is 22.1 Å². The summed E-state index contributed by atoms with van der Waals surface area (Å²) in [5, 5.41) is 12.9. The second kappa shape index (κ2) is 5.42. The fraction of sp³-hybridized carbons (Fsp3) is 0.188. The number of anilines is 1. The standard InChI is InChI=1S/C16H15ClN2O3/c1-19-12-6-4-3-5-10(12)16(21)18-15(19)9-7-11(17)14(20)13(8-9)22-2/h3-8,15,20H,1-2H3,(H,18,21)/t15-/m1/s1. The third-order valence-corrected chi connectivity index (χ3v) is 4.06. The smallest absolute Gasteiger partial charge is 0.255 e. The largest absolute Gasteiger partial charge is 0.503 e. The Balaban J connectivity index is 2.07. The lowest BCUT2D eigenvalue weighted by atomic mass is 10.0. The first kappa shape index (κ1) is 14.5. The number of aromatic hydroxyl groups is 1. The molecule has 1 aliphatic rings. The van der Waals surface area contributed by atoms with Gasteiger partial charge in [0, 0.05) is 12.6 Å². The van der Waals surface area contributed by atoms with E-state index < -0.39 is 6.17 Å². The summed E-state index contributed by atoms with van der Waals surface area (Å²) < 4.78 is 5.12. The highest BCUT2D eigenvalue weighted by Crippen LogP contribution is 2.39. The molecular weight excluding hydrogens is 304 g/mol. The van der Waals surface area contributed by atoms with Crippen LogP contribution >= 0.6 is 11.6 Å². The second-order valence-electron chi connectivity index (χ2n) is 5.06. The number of carbonyl (C=O) groups excluding carboxylic acids is 1. The highest BCUT2D eigenvalue weighted by Gasteiger charge is 2.30. The highest BCUT2D eigenvalue weighted by atomic mass is 35.5. The number of fused-ring (bicyclic) bond motifs is 1. The third kappa shape index (κ3) is 2.23. The molecule has 22 heavy (non-hydrogen) atoms. The number of ether oxygens (including phenoxy) is 1. The number of para-hydroxylation sites is 1. The number of carbonyl (C=O) groups is 1. The molecule has 2 N–H and O–H groups in total. The predicted molar refractivity (Wildman–Crippen MR) is 84.7 cm³/mol. The van der Waals surface area contributed by atoms with Gasteiger partial charge in [0.15, 0.2) is 11.5 Å². The topological polar surface area (TPSA) is 61.8 Å². The van der Waals surface area contributed by atoms with Gasteiger partial charge in [-0.25, -0.2) is 0 Å². The number of halogens is 1. The summed E-state index contributed by atoms with van der Waals surface area (Å²) in [6, 6.07) is 10.7. The molecule has 0 fully saturated rings. The van der Waals surface area contributed by atoms with Gasteiger partial charge in [-0.1, -0.05) is 23.7 Å². The quantitative estimate of drug-likeness (QED) is 0.893. The van der Waals surface area contributed by atoms with Crippen LogP contribution in [-0.4, -0.2) is 25.2 Å². The minimum Gasteiger partial charge on any atom is -0.503 e. The van der Waals surface area contributed by atoms with Crippen molar-refractivity contribution in [1.82, 2.24) is 5.32 Å². The Morgan fingerprint density at radius 3 is 2.77 bits per heavy atom. The Morgan fingerprint density at radius 2 is 2.05 bits per heavy atom. The molecule has 1 heterocycles. The third-order valence-electron chi connectivity index (χ3n) is 3.77. The average molecular weight is 319 g/mol. The van der Waals surface area contributed by atoms with Gasteiger partial charge in [-0.05, 0) is 24.3 Å². The van der Waals surface area contributed by atoms with Crippen LogP contribution in [0.25, 0.3) is 0 Å². The molecule has 0 saturated carbocycles. The lowest BCUT2D eigenvalue weighted by Crippen LogP contribution is -2.44. The normalized spacial score (nSPS) is 17.0. The molecule has 0 spiro atoms. The number of phenolic OH excluding ortho intramolecular Hbond substituents is 1. The minimum atomic E-state index is -0.394. The van der Waals surface area contributed by atoms with E-state index in [0.29, 0.717) is 5.56 Å². The number of phenols is 1. The van der Waals surface area contributed by atoms with Crippen molar-refractivity contribution in [3.8, 4) is 11.5 Å². The maximum absolute atomic E-state index is 12.3. The van der Waals surface area contributed by atoms with E-state index in [1.165, 1.54) is 7.11 Å². The number of hydrogen-bond acceptors (Lipinski definition) is 4. The molecule has 0 bridgehead atoms. The van der Waals surface area contributed by atoms with Gasteiger partial charge < -0.3 is 20.1 Å². The van der Waals surface area contributed by atoms with E-state index in [1.54, 1.807) is 18.2 Å². The van der Waals surface area contributed by atoms with Crippen LogP contribution < -0.4 is 15.0 Å². The van der Waals surface area contributed by atoms with E-state index >= 15 is 0 Å². The summed E-state index contributed by atoms with van der Waals surface area (Å²) in [6.45, 7) is 0.